The molecular weight excluding hydrogens is 219 g/mol. The van der Waals surface area contributed by atoms with Crippen molar-refractivity contribution in [1.82, 2.24) is 0 Å². The van der Waals surface area contributed by atoms with Gasteiger partial charge in [-0.25, -0.2) is 0 Å². The first-order valence-electron chi connectivity index (χ1n) is 2.68. The van der Waals surface area contributed by atoms with Gasteiger partial charge >= 0.3 is 0 Å². The molecule has 5 nitrogen and oxygen atoms in total. The summed E-state index contributed by atoms with van der Waals surface area (Å²) in [4.78, 5) is 0. The van der Waals surface area contributed by atoms with E-state index in [-0.39, 0.29) is 53.2 Å². The topological polar surface area (TPSA) is 124 Å². The zero-order valence-corrected chi connectivity index (χ0v) is 8.15. The highest BCUT2D eigenvalue weighted by Crippen LogP contribution is 2.30. The Bertz CT molecular complexity index is 220. The maximum atomic E-state index is 8.88. The van der Waals surface area contributed by atoms with Crippen molar-refractivity contribution in [2.75, 3.05) is 11.5 Å². The molecule has 7 heteroatoms. The Hall–Kier alpha value is -1.04. The molecule has 0 aliphatic carbocycles. The molecule has 13 heavy (non-hydrogen) atoms. The summed E-state index contributed by atoms with van der Waals surface area (Å²) in [5.41, 5.74) is 10.8. The fourth-order valence-corrected chi connectivity index (χ4v) is 0.612. The Labute approximate surface area is 87.5 Å². The van der Waals surface area contributed by atoms with Gasteiger partial charge in [0.05, 0.1) is 11.4 Å². The van der Waals surface area contributed by atoms with Crippen LogP contribution in [0, 0.1) is 0 Å². The lowest BCUT2D eigenvalue weighted by Gasteiger charge is -2.01. The summed E-state index contributed by atoms with van der Waals surface area (Å²) in [6, 6.07) is 2.40. The van der Waals surface area contributed by atoms with E-state index in [0.29, 0.717) is 0 Å². The summed E-state index contributed by atoms with van der Waals surface area (Å²) in [7, 11) is 0. The van der Waals surface area contributed by atoms with E-state index in [1.807, 2.05) is 0 Å². The number of aromatic hydroxyl groups is 2. The van der Waals surface area contributed by atoms with E-state index < -0.39 is 0 Å². The minimum atomic E-state index is -0.160. The van der Waals surface area contributed by atoms with Crippen LogP contribution < -0.4 is 11.5 Å². The van der Waals surface area contributed by atoms with Crippen LogP contribution in [0.15, 0.2) is 12.1 Å². The van der Waals surface area contributed by atoms with Crippen molar-refractivity contribution >= 4 is 36.2 Å². The molecule has 0 amide bonds. The largest absolute Gasteiger partial charge is 0.506 e. The average molecular weight is 231 g/mol. The minimum Gasteiger partial charge on any atom is -0.506 e. The molecule has 0 heterocycles. The molecule has 0 unspecified atom stereocenters. The number of benzene rings is 1. The zero-order chi connectivity index (χ0) is 7.72. The molecule has 0 bridgehead atoms. The molecule has 0 atom stereocenters. The van der Waals surface area contributed by atoms with Crippen molar-refractivity contribution in [3.63, 3.8) is 0 Å². The monoisotopic (exact) mass is 230 g/mol. The third-order valence-electron chi connectivity index (χ3n) is 1.18. The first-order chi connectivity index (χ1) is 4.61. The van der Waals surface area contributed by atoms with E-state index in [4.69, 9.17) is 21.7 Å². The van der Waals surface area contributed by atoms with Crippen molar-refractivity contribution in [2.45, 2.75) is 0 Å². The molecule has 0 aliphatic rings. The lowest BCUT2D eigenvalue weighted by atomic mass is 10.2. The first-order valence-corrected chi connectivity index (χ1v) is 2.68. The molecule has 0 aliphatic heterocycles. The van der Waals surface area contributed by atoms with Crippen LogP contribution in [-0.2, 0) is 0 Å². The Morgan fingerprint density at radius 2 is 1.15 bits per heavy atom. The van der Waals surface area contributed by atoms with Crippen molar-refractivity contribution in [1.29, 1.82) is 0 Å². The van der Waals surface area contributed by atoms with Crippen molar-refractivity contribution in [3.8, 4) is 11.5 Å². The average Bonchev–Trinajstić information content (AvgIpc) is 1.84. The van der Waals surface area contributed by atoms with Crippen LogP contribution in [0.25, 0.3) is 0 Å². The van der Waals surface area contributed by atoms with Gasteiger partial charge in [0.25, 0.3) is 0 Å². The Kier molecular flexibility index (Phi) is 8.91. The van der Waals surface area contributed by atoms with Crippen LogP contribution in [0.1, 0.15) is 0 Å². The van der Waals surface area contributed by atoms with Crippen LogP contribution in [0.4, 0.5) is 11.4 Å². The Morgan fingerprint density at radius 3 is 1.38 bits per heavy atom. The molecule has 0 radical (unpaired) electrons. The first kappa shape index (κ1) is 17.9. The molecule has 0 fully saturated rings. The third kappa shape index (κ3) is 3.93. The number of phenolic OH excluding ortho intramolecular Hbond substituents is 2. The van der Waals surface area contributed by atoms with Gasteiger partial charge in [-0.2, -0.15) is 0 Å². The summed E-state index contributed by atoms with van der Waals surface area (Å²) in [5.74, 6) is -0.321. The van der Waals surface area contributed by atoms with E-state index in [0.717, 1.165) is 6.07 Å². The van der Waals surface area contributed by atoms with Crippen molar-refractivity contribution in [2.24, 2.45) is 0 Å². The maximum absolute atomic E-state index is 8.88. The number of phenols is 2. The maximum Gasteiger partial charge on any atom is 0.142 e. The molecule has 8 N–H and O–H groups in total. The number of anilines is 2. The molecule has 1 aromatic rings. The minimum absolute atomic E-state index is 0. The fraction of sp³-hybridized carbons (Fsp3) is 0. The van der Waals surface area contributed by atoms with Gasteiger partial charge < -0.3 is 27.2 Å². The lowest BCUT2D eigenvalue weighted by Crippen LogP contribution is -1.90. The van der Waals surface area contributed by atoms with Gasteiger partial charge in [-0.3, -0.25) is 0 Å². The highest BCUT2D eigenvalue weighted by Gasteiger charge is 2.01. The van der Waals surface area contributed by atoms with E-state index in [9.17, 15) is 0 Å². The second kappa shape index (κ2) is 6.47. The number of nitrogen functional groups attached to an aromatic ring is 2. The molecule has 78 valence electrons. The van der Waals surface area contributed by atoms with E-state index >= 15 is 0 Å². The molecule has 0 saturated carbocycles. The Balaban J connectivity index is -0.000000333. The van der Waals surface area contributed by atoms with E-state index in [1.165, 1.54) is 6.07 Å². The summed E-state index contributed by atoms with van der Waals surface area (Å²) < 4.78 is 0. The molecule has 0 spiro atoms. The van der Waals surface area contributed by atoms with Gasteiger partial charge in [0.1, 0.15) is 11.5 Å². The molecule has 1 aromatic carbocycles. The second-order valence-electron chi connectivity index (χ2n) is 1.97. The van der Waals surface area contributed by atoms with Gasteiger partial charge in [0.2, 0.25) is 0 Å². The van der Waals surface area contributed by atoms with Gasteiger partial charge in [0, 0.05) is 6.07 Å². The molecule has 0 aromatic heterocycles. The van der Waals surface area contributed by atoms with Crippen LogP contribution in [0.2, 0.25) is 0 Å². The zero-order valence-electron chi connectivity index (χ0n) is 6.52. The molecular formula is C6H12Cl2N2O3. The lowest BCUT2D eigenvalue weighted by molar-refractivity contribution is 0.454. The van der Waals surface area contributed by atoms with E-state index in [1.54, 1.807) is 0 Å². The van der Waals surface area contributed by atoms with Gasteiger partial charge in [-0.05, 0) is 6.07 Å². The fourth-order valence-electron chi connectivity index (χ4n) is 0.612. The summed E-state index contributed by atoms with van der Waals surface area (Å²) >= 11 is 0. The highest BCUT2D eigenvalue weighted by atomic mass is 35.5. The van der Waals surface area contributed by atoms with Crippen LogP contribution >= 0.6 is 24.8 Å². The van der Waals surface area contributed by atoms with Crippen molar-refractivity contribution in [3.05, 3.63) is 12.1 Å². The number of halogens is 2. The van der Waals surface area contributed by atoms with Gasteiger partial charge in [-0.15, -0.1) is 24.8 Å². The van der Waals surface area contributed by atoms with Crippen LogP contribution in [0.3, 0.4) is 0 Å². The van der Waals surface area contributed by atoms with Crippen LogP contribution in [-0.4, -0.2) is 15.7 Å². The predicted octanol–water partition coefficient (Wildman–Crippen LogP) is 0.281. The SMILES string of the molecule is Cl.Cl.Nc1cc(N)c(O)cc1O.O. The highest BCUT2D eigenvalue weighted by molar-refractivity contribution is 5.85. The van der Waals surface area contributed by atoms with Gasteiger partial charge in [-0.1, -0.05) is 0 Å². The standard InChI is InChI=1S/C6H8N2O2.2ClH.H2O/c7-3-1-4(8)6(10)2-5(3)9;;;/h1-2,9-10H,7-8H2;2*1H;1H2. The summed E-state index contributed by atoms with van der Waals surface area (Å²) in [6.07, 6.45) is 0. The Morgan fingerprint density at radius 1 is 0.846 bits per heavy atom. The number of rotatable bonds is 0. The predicted molar refractivity (Wildman–Crippen MR) is 56.7 cm³/mol. The van der Waals surface area contributed by atoms with E-state index in [2.05, 4.69) is 0 Å². The van der Waals surface area contributed by atoms with Gasteiger partial charge in [0.15, 0.2) is 0 Å². The summed E-state index contributed by atoms with van der Waals surface area (Å²) in [6.45, 7) is 0. The molecule has 0 saturated heterocycles. The molecule has 1 rings (SSSR count). The third-order valence-corrected chi connectivity index (χ3v) is 1.18. The van der Waals surface area contributed by atoms with Crippen LogP contribution in [0.5, 0.6) is 11.5 Å². The quantitative estimate of drug-likeness (QED) is 0.290. The summed E-state index contributed by atoms with van der Waals surface area (Å²) in [5, 5.41) is 17.8. The number of hydrogen-bond donors (Lipinski definition) is 4. The number of nitrogens with two attached hydrogens (primary N) is 2. The van der Waals surface area contributed by atoms with Crippen molar-refractivity contribution < 1.29 is 15.7 Å². The normalized spacial score (nSPS) is 7.38. The smallest absolute Gasteiger partial charge is 0.142 e. The number of hydrogen-bond acceptors (Lipinski definition) is 4. The second-order valence-corrected chi connectivity index (χ2v) is 1.97.